The van der Waals surface area contributed by atoms with E-state index in [1.807, 2.05) is 50.8 Å². The van der Waals surface area contributed by atoms with Gasteiger partial charge in [-0.1, -0.05) is 6.07 Å². The Bertz CT molecular complexity index is 749. The van der Waals surface area contributed by atoms with Crippen LogP contribution in [0, 0.1) is 11.3 Å². The molecule has 6 nitrogen and oxygen atoms in total. The molecule has 1 aliphatic carbocycles. The van der Waals surface area contributed by atoms with Crippen LogP contribution in [0.5, 0.6) is 11.5 Å². The van der Waals surface area contributed by atoms with Gasteiger partial charge in [0.25, 0.3) is 0 Å². The van der Waals surface area contributed by atoms with Crippen LogP contribution >= 0.6 is 0 Å². The highest BCUT2D eigenvalue weighted by atomic mass is 16.5. The lowest BCUT2D eigenvalue weighted by Gasteiger charge is -2.38. The largest absolute Gasteiger partial charge is 0.490 e. The number of hydrogen-bond acceptors (Lipinski definition) is 4. The third-order valence-corrected chi connectivity index (χ3v) is 6.33. The maximum Gasteiger partial charge on any atom is 0.307 e. The Kier molecular flexibility index (Phi) is 5.60. The lowest BCUT2D eigenvalue weighted by atomic mass is 9.81. The summed E-state index contributed by atoms with van der Waals surface area (Å²) in [5, 5.41) is 9.25. The SMILES string of the molecule is CCOc1ccc(C(C)(C)C(=O)N2CCC3(CC2)CC3C(=O)O)cc1OCC. The summed E-state index contributed by atoms with van der Waals surface area (Å²) >= 11 is 0. The number of rotatable bonds is 7. The van der Waals surface area contributed by atoms with Crippen LogP contribution in [0.3, 0.4) is 0 Å². The fourth-order valence-electron chi connectivity index (χ4n) is 4.36. The Balaban J connectivity index is 1.73. The second-order valence-corrected chi connectivity index (χ2v) is 8.40. The van der Waals surface area contributed by atoms with Crippen LogP contribution in [-0.2, 0) is 15.0 Å². The van der Waals surface area contributed by atoms with Crippen LogP contribution in [0.15, 0.2) is 18.2 Å². The van der Waals surface area contributed by atoms with Crippen LogP contribution in [0.1, 0.15) is 52.5 Å². The predicted molar refractivity (Wildman–Crippen MR) is 106 cm³/mol. The van der Waals surface area contributed by atoms with Crippen molar-refractivity contribution in [3.8, 4) is 11.5 Å². The fraction of sp³-hybridized carbons (Fsp3) is 0.636. The third kappa shape index (κ3) is 3.69. The molecule has 1 aromatic carbocycles. The molecule has 0 aromatic heterocycles. The first-order chi connectivity index (χ1) is 13.2. The van der Waals surface area contributed by atoms with E-state index in [-0.39, 0.29) is 17.2 Å². The van der Waals surface area contributed by atoms with Gasteiger partial charge in [-0.05, 0) is 70.1 Å². The molecule has 1 aromatic rings. The van der Waals surface area contributed by atoms with Crippen LogP contribution < -0.4 is 9.47 Å². The lowest BCUT2D eigenvalue weighted by Crippen LogP contribution is -2.47. The van der Waals surface area contributed by atoms with Gasteiger partial charge in [-0.2, -0.15) is 0 Å². The van der Waals surface area contributed by atoms with Crippen LogP contribution in [-0.4, -0.2) is 48.2 Å². The van der Waals surface area contributed by atoms with Crippen molar-refractivity contribution >= 4 is 11.9 Å². The molecule has 1 aliphatic heterocycles. The molecule has 1 saturated heterocycles. The summed E-state index contributed by atoms with van der Waals surface area (Å²) in [5.74, 6) is 0.490. The second kappa shape index (κ2) is 7.64. The number of piperidine rings is 1. The summed E-state index contributed by atoms with van der Waals surface area (Å²) in [7, 11) is 0. The van der Waals surface area contributed by atoms with Gasteiger partial charge < -0.3 is 19.5 Å². The van der Waals surface area contributed by atoms with Crippen molar-refractivity contribution < 1.29 is 24.2 Å². The number of ether oxygens (including phenoxy) is 2. The Morgan fingerprint density at radius 3 is 2.29 bits per heavy atom. The number of aliphatic carboxylic acids is 1. The van der Waals surface area contributed by atoms with E-state index in [2.05, 4.69) is 0 Å². The topological polar surface area (TPSA) is 76.1 Å². The van der Waals surface area contributed by atoms with Gasteiger partial charge in [-0.15, -0.1) is 0 Å². The quantitative estimate of drug-likeness (QED) is 0.773. The van der Waals surface area contributed by atoms with Gasteiger partial charge in [0.15, 0.2) is 11.5 Å². The van der Waals surface area contributed by atoms with E-state index in [0.29, 0.717) is 37.8 Å². The van der Waals surface area contributed by atoms with Crippen molar-refractivity contribution in [1.29, 1.82) is 0 Å². The van der Waals surface area contributed by atoms with E-state index in [1.54, 1.807) is 0 Å². The summed E-state index contributed by atoms with van der Waals surface area (Å²) in [5.41, 5.74) is 0.116. The van der Waals surface area contributed by atoms with Gasteiger partial charge in [0.05, 0.1) is 24.5 Å². The zero-order valence-electron chi connectivity index (χ0n) is 17.3. The number of carboxylic acids is 1. The summed E-state index contributed by atoms with van der Waals surface area (Å²) in [6.07, 6.45) is 2.31. The monoisotopic (exact) mass is 389 g/mol. The fourth-order valence-corrected chi connectivity index (χ4v) is 4.36. The van der Waals surface area contributed by atoms with Crippen molar-refractivity contribution in [3.63, 3.8) is 0 Å². The van der Waals surface area contributed by atoms with E-state index >= 15 is 0 Å². The Morgan fingerprint density at radius 2 is 1.75 bits per heavy atom. The van der Waals surface area contributed by atoms with Gasteiger partial charge in [-0.3, -0.25) is 9.59 Å². The number of benzene rings is 1. The highest BCUT2D eigenvalue weighted by molar-refractivity contribution is 5.88. The molecule has 6 heteroatoms. The van der Waals surface area contributed by atoms with Gasteiger partial charge in [0, 0.05) is 13.1 Å². The molecular formula is C22H31NO5. The van der Waals surface area contributed by atoms with E-state index in [4.69, 9.17) is 9.47 Å². The van der Waals surface area contributed by atoms with Crippen molar-refractivity contribution in [1.82, 2.24) is 4.90 Å². The minimum atomic E-state index is -0.698. The van der Waals surface area contributed by atoms with Crippen LogP contribution in [0.2, 0.25) is 0 Å². The van der Waals surface area contributed by atoms with Crippen molar-refractivity contribution in [2.45, 2.75) is 52.4 Å². The minimum Gasteiger partial charge on any atom is -0.490 e. The minimum absolute atomic E-state index is 0.0708. The van der Waals surface area contributed by atoms with Crippen molar-refractivity contribution in [3.05, 3.63) is 23.8 Å². The summed E-state index contributed by atoms with van der Waals surface area (Å²) in [4.78, 5) is 26.4. The smallest absolute Gasteiger partial charge is 0.307 e. The van der Waals surface area contributed by atoms with Gasteiger partial charge in [0.2, 0.25) is 5.91 Å². The molecule has 1 saturated carbocycles. The van der Waals surface area contributed by atoms with Crippen LogP contribution in [0.25, 0.3) is 0 Å². The normalized spacial score (nSPS) is 20.7. The molecular weight excluding hydrogens is 358 g/mol. The molecule has 0 radical (unpaired) electrons. The molecule has 154 valence electrons. The molecule has 2 aliphatic rings. The van der Waals surface area contributed by atoms with E-state index in [9.17, 15) is 14.7 Å². The zero-order chi connectivity index (χ0) is 20.5. The summed E-state index contributed by atoms with van der Waals surface area (Å²) in [6.45, 7) is 10.0. The molecule has 1 N–H and O–H groups in total. The Labute approximate surface area is 166 Å². The summed E-state index contributed by atoms with van der Waals surface area (Å²) in [6, 6.07) is 5.70. The molecule has 1 heterocycles. The van der Waals surface area contributed by atoms with Crippen molar-refractivity contribution in [2.24, 2.45) is 11.3 Å². The van der Waals surface area contributed by atoms with E-state index in [1.165, 1.54) is 0 Å². The van der Waals surface area contributed by atoms with Gasteiger partial charge >= 0.3 is 5.97 Å². The average molecular weight is 389 g/mol. The Morgan fingerprint density at radius 1 is 1.14 bits per heavy atom. The number of hydrogen-bond donors (Lipinski definition) is 1. The zero-order valence-corrected chi connectivity index (χ0v) is 17.3. The first kappa shape index (κ1) is 20.5. The van der Waals surface area contributed by atoms with E-state index in [0.717, 1.165) is 24.8 Å². The molecule has 3 rings (SSSR count). The lowest BCUT2D eigenvalue weighted by molar-refractivity contribution is -0.140. The molecule has 1 amide bonds. The standard InChI is InChI=1S/C22H31NO5/c1-5-27-17-8-7-15(13-18(17)28-6-2)21(3,4)20(26)23-11-9-22(10-12-23)14-16(22)19(24)25/h7-8,13,16H,5-6,9-12,14H2,1-4H3,(H,24,25). The number of carboxylic acid groups (broad SMARTS) is 1. The van der Waals surface area contributed by atoms with E-state index < -0.39 is 11.4 Å². The van der Waals surface area contributed by atoms with Gasteiger partial charge in [-0.25, -0.2) is 0 Å². The molecule has 0 bridgehead atoms. The molecule has 1 atom stereocenters. The first-order valence-corrected chi connectivity index (χ1v) is 10.2. The Hall–Kier alpha value is -2.24. The summed E-state index contributed by atoms with van der Waals surface area (Å²) < 4.78 is 11.3. The molecule has 1 spiro atoms. The number of nitrogens with zero attached hydrogens (tertiary/aromatic N) is 1. The average Bonchev–Trinajstić information content (AvgIpc) is 3.37. The molecule has 1 unspecified atom stereocenters. The van der Waals surface area contributed by atoms with Crippen molar-refractivity contribution in [2.75, 3.05) is 26.3 Å². The second-order valence-electron chi connectivity index (χ2n) is 8.40. The maximum absolute atomic E-state index is 13.3. The van der Waals surface area contributed by atoms with Gasteiger partial charge in [0.1, 0.15) is 0 Å². The molecule has 2 fully saturated rings. The maximum atomic E-state index is 13.3. The number of carbonyl (C=O) groups is 2. The highest BCUT2D eigenvalue weighted by Gasteiger charge is 2.59. The number of amides is 1. The third-order valence-electron chi connectivity index (χ3n) is 6.33. The highest BCUT2D eigenvalue weighted by Crippen LogP contribution is 2.59. The predicted octanol–water partition coefficient (Wildman–Crippen LogP) is 3.47. The number of carbonyl (C=O) groups excluding carboxylic acids is 1. The first-order valence-electron chi connectivity index (χ1n) is 10.2. The number of likely N-dealkylation sites (tertiary alicyclic amines) is 1. The van der Waals surface area contributed by atoms with Crippen LogP contribution in [0.4, 0.5) is 0 Å². The molecule has 28 heavy (non-hydrogen) atoms.